The first-order valence-electron chi connectivity index (χ1n) is 12.3. The van der Waals surface area contributed by atoms with Crippen molar-refractivity contribution in [3.8, 4) is 11.3 Å². The van der Waals surface area contributed by atoms with Crippen molar-refractivity contribution in [2.24, 2.45) is 0 Å². The summed E-state index contributed by atoms with van der Waals surface area (Å²) >= 11 is 0. The first kappa shape index (κ1) is 22.7. The number of aromatic amines is 1. The molecule has 3 heterocycles. The molecule has 2 aromatic heterocycles. The zero-order chi connectivity index (χ0) is 25.4. The molecule has 6 nitrogen and oxygen atoms in total. The van der Waals surface area contributed by atoms with Gasteiger partial charge >= 0.3 is 0 Å². The summed E-state index contributed by atoms with van der Waals surface area (Å²) < 4.78 is 0. The number of carbonyl (C=O) groups excluding carboxylic acids is 2. The Bertz CT molecular complexity index is 1610. The van der Waals surface area contributed by atoms with Crippen LogP contribution in [0.2, 0.25) is 0 Å². The Morgan fingerprint density at radius 2 is 1.70 bits per heavy atom. The lowest BCUT2D eigenvalue weighted by molar-refractivity contribution is -0.122. The highest BCUT2D eigenvalue weighted by Crippen LogP contribution is 2.45. The first-order chi connectivity index (χ1) is 18.1. The fourth-order valence-corrected chi connectivity index (χ4v) is 5.14. The number of aromatic nitrogens is 2. The van der Waals surface area contributed by atoms with E-state index in [0.29, 0.717) is 12.1 Å². The molecule has 0 saturated heterocycles. The van der Waals surface area contributed by atoms with Crippen molar-refractivity contribution in [2.45, 2.75) is 19.5 Å². The van der Waals surface area contributed by atoms with E-state index in [4.69, 9.17) is 0 Å². The second kappa shape index (κ2) is 9.39. The summed E-state index contributed by atoms with van der Waals surface area (Å²) in [6.07, 6.45) is 1.70. The molecule has 0 spiro atoms. The smallest absolute Gasteiger partial charge is 0.255 e. The molecule has 1 aliphatic rings. The van der Waals surface area contributed by atoms with Crippen molar-refractivity contribution in [2.75, 3.05) is 6.54 Å². The van der Waals surface area contributed by atoms with Gasteiger partial charge in [0.05, 0.1) is 24.0 Å². The van der Waals surface area contributed by atoms with Crippen LogP contribution in [0.25, 0.3) is 22.2 Å². The molecule has 0 saturated carbocycles. The minimum atomic E-state index is -0.406. The Balaban J connectivity index is 1.43. The number of benzene rings is 3. The monoisotopic (exact) mass is 486 g/mol. The molecule has 0 fully saturated rings. The molecule has 5 aromatic rings. The van der Waals surface area contributed by atoms with Crippen LogP contribution in [-0.2, 0) is 11.3 Å². The van der Waals surface area contributed by atoms with Gasteiger partial charge in [0.2, 0.25) is 5.91 Å². The molecular formula is C31H26N4O2. The van der Waals surface area contributed by atoms with Crippen LogP contribution in [0.15, 0.2) is 97.2 Å². The lowest BCUT2D eigenvalue weighted by atomic mass is 9.93. The number of fused-ring (bicyclic) bond motifs is 2. The summed E-state index contributed by atoms with van der Waals surface area (Å²) in [5.74, 6) is -0.373. The number of aryl methyl sites for hydroxylation is 1. The van der Waals surface area contributed by atoms with Gasteiger partial charge in [0, 0.05) is 28.2 Å². The predicted octanol–water partition coefficient (Wildman–Crippen LogP) is 5.40. The maximum Gasteiger partial charge on any atom is 0.255 e. The molecule has 1 atom stereocenters. The number of nitrogens with zero attached hydrogens (tertiary/aromatic N) is 2. The summed E-state index contributed by atoms with van der Waals surface area (Å²) in [6, 6.07) is 29.3. The summed E-state index contributed by atoms with van der Waals surface area (Å²) in [5, 5.41) is 3.96. The standard InChI is InChI=1S/C31H26N4O2/c1-20-13-15-21(16-14-20)29-28(25-11-4-5-12-26(25)34-29)30-23-9-2-3-10-24(23)31(37)35(30)19-27(36)33-18-22-8-6-7-17-32-22/h2-17,30,34H,18-19H2,1H3,(H,33,36)/t30-/m0/s1. The number of carbonyl (C=O) groups is 2. The van der Waals surface area contributed by atoms with E-state index in [2.05, 4.69) is 52.5 Å². The molecule has 2 amide bonds. The van der Waals surface area contributed by atoms with E-state index < -0.39 is 6.04 Å². The zero-order valence-electron chi connectivity index (χ0n) is 20.4. The van der Waals surface area contributed by atoms with Gasteiger partial charge < -0.3 is 15.2 Å². The SMILES string of the molecule is Cc1ccc(-c2[nH]c3ccccc3c2[C@@H]2c3ccccc3C(=O)N2CC(=O)NCc2ccccn2)cc1. The molecule has 182 valence electrons. The molecule has 0 unspecified atom stereocenters. The number of amides is 2. The topological polar surface area (TPSA) is 78.1 Å². The molecule has 6 heteroatoms. The fraction of sp³-hybridized carbons (Fsp3) is 0.129. The Morgan fingerprint density at radius 3 is 2.51 bits per heavy atom. The van der Waals surface area contributed by atoms with E-state index in [-0.39, 0.29) is 18.4 Å². The number of H-pyrrole nitrogens is 1. The second-order valence-corrected chi connectivity index (χ2v) is 9.35. The van der Waals surface area contributed by atoms with E-state index in [1.54, 1.807) is 11.1 Å². The molecule has 1 aliphatic heterocycles. The highest BCUT2D eigenvalue weighted by molar-refractivity contribution is 6.03. The number of nitrogens with one attached hydrogen (secondary N) is 2. The minimum absolute atomic E-state index is 0.0577. The van der Waals surface area contributed by atoms with Gasteiger partial charge in [-0.05, 0) is 42.3 Å². The fourth-order valence-electron chi connectivity index (χ4n) is 5.14. The average molecular weight is 487 g/mol. The third-order valence-corrected chi connectivity index (χ3v) is 6.93. The Labute approximate surface area is 215 Å². The molecule has 6 rings (SSSR count). The quantitative estimate of drug-likeness (QED) is 0.337. The molecule has 0 bridgehead atoms. The maximum absolute atomic E-state index is 13.7. The summed E-state index contributed by atoms with van der Waals surface area (Å²) in [7, 11) is 0. The van der Waals surface area contributed by atoms with Gasteiger partial charge in [-0.2, -0.15) is 0 Å². The highest BCUT2D eigenvalue weighted by Gasteiger charge is 2.40. The van der Waals surface area contributed by atoms with E-state index in [1.807, 2.05) is 60.7 Å². The van der Waals surface area contributed by atoms with E-state index in [0.717, 1.165) is 39.0 Å². The van der Waals surface area contributed by atoms with Crippen LogP contribution in [0.5, 0.6) is 0 Å². The van der Waals surface area contributed by atoms with E-state index >= 15 is 0 Å². The van der Waals surface area contributed by atoms with Crippen molar-refractivity contribution in [3.05, 3.63) is 125 Å². The van der Waals surface area contributed by atoms with Gasteiger partial charge in [0.25, 0.3) is 5.91 Å². The van der Waals surface area contributed by atoms with Crippen LogP contribution >= 0.6 is 0 Å². The van der Waals surface area contributed by atoms with Gasteiger partial charge in [0.1, 0.15) is 6.54 Å². The van der Waals surface area contributed by atoms with Crippen LogP contribution in [0.3, 0.4) is 0 Å². The van der Waals surface area contributed by atoms with Gasteiger partial charge in [-0.15, -0.1) is 0 Å². The lowest BCUT2D eigenvalue weighted by Gasteiger charge is -2.26. The Morgan fingerprint density at radius 1 is 0.946 bits per heavy atom. The van der Waals surface area contributed by atoms with Crippen molar-refractivity contribution in [1.82, 2.24) is 20.2 Å². The van der Waals surface area contributed by atoms with E-state index in [1.165, 1.54) is 5.56 Å². The number of pyridine rings is 1. The van der Waals surface area contributed by atoms with E-state index in [9.17, 15) is 9.59 Å². The highest BCUT2D eigenvalue weighted by atomic mass is 16.2. The summed E-state index contributed by atoms with van der Waals surface area (Å²) in [6.45, 7) is 2.31. The summed E-state index contributed by atoms with van der Waals surface area (Å²) in [5.41, 5.74) is 7.45. The number of rotatable bonds is 6. The van der Waals surface area contributed by atoms with Crippen molar-refractivity contribution in [3.63, 3.8) is 0 Å². The largest absolute Gasteiger partial charge is 0.354 e. The molecule has 3 aromatic carbocycles. The third kappa shape index (κ3) is 4.16. The molecule has 0 aliphatic carbocycles. The summed E-state index contributed by atoms with van der Waals surface area (Å²) in [4.78, 5) is 36.3. The van der Waals surface area contributed by atoms with Crippen LogP contribution < -0.4 is 5.32 Å². The Hall–Kier alpha value is -4.71. The molecular weight excluding hydrogens is 460 g/mol. The average Bonchev–Trinajstić information content (AvgIpc) is 3.43. The van der Waals surface area contributed by atoms with Gasteiger partial charge in [0.15, 0.2) is 0 Å². The van der Waals surface area contributed by atoms with Gasteiger partial charge in [-0.3, -0.25) is 14.6 Å². The Kier molecular flexibility index (Phi) is 5.77. The number of para-hydroxylation sites is 1. The third-order valence-electron chi connectivity index (χ3n) is 6.93. The normalized spacial score (nSPS) is 14.7. The van der Waals surface area contributed by atoms with Crippen molar-refractivity contribution < 1.29 is 9.59 Å². The van der Waals surface area contributed by atoms with Crippen molar-refractivity contribution >= 4 is 22.7 Å². The number of hydrogen-bond donors (Lipinski definition) is 2. The van der Waals surface area contributed by atoms with Gasteiger partial charge in [-0.25, -0.2) is 0 Å². The molecule has 2 N–H and O–H groups in total. The van der Waals surface area contributed by atoms with Crippen LogP contribution in [0, 0.1) is 6.92 Å². The van der Waals surface area contributed by atoms with Gasteiger partial charge in [-0.1, -0.05) is 72.3 Å². The number of hydrogen-bond acceptors (Lipinski definition) is 3. The minimum Gasteiger partial charge on any atom is -0.354 e. The maximum atomic E-state index is 13.7. The second-order valence-electron chi connectivity index (χ2n) is 9.35. The molecule has 0 radical (unpaired) electrons. The first-order valence-corrected chi connectivity index (χ1v) is 12.3. The lowest BCUT2D eigenvalue weighted by Crippen LogP contribution is -2.39. The van der Waals surface area contributed by atoms with Crippen LogP contribution in [0.1, 0.15) is 38.8 Å². The van der Waals surface area contributed by atoms with Crippen LogP contribution in [-0.4, -0.2) is 33.2 Å². The van der Waals surface area contributed by atoms with Crippen LogP contribution in [0.4, 0.5) is 0 Å². The molecule has 37 heavy (non-hydrogen) atoms. The van der Waals surface area contributed by atoms with Crippen molar-refractivity contribution in [1.29, 1.82) is 0 Å². The zero-order valence-corrected chi connectivity index (χ0v) is 20.4. The predicted molar refractivity (Wildman–Crippen MR) is 144 cm³/mol.